The summed E-state index contributed by atoms with van der Waals surface area (Å²) in [5.41, 5.74) is 0.541. The Morgan fingerprint density at radius 1 is 1.57 bits per heavy atom. The minimum Gasteiger partial charge on any atom is -0.497 e. The number of ether oxygens (including phenoxy) is 1. The Kier molecular flexibility index (Phi) is 3.48. The highest BCUT2D eigenvalue weighted by atomic mass is 16.5. The summed E-state index contributed by atoms with van der Waals surface area (Å²) in [7, 11) is 1.51. The van der Waals surface area contributed by atoms with Gasteiger partial charge < -0.3 is 14.9 Å². The van der Waals surface area contributed by atoms with E-state index >= 15 is 0 Å². The number of aliphatic hydroxyl groups excluding tert-OH is 1. The van der Waals surface area contributed by atoms with Gasteiger partial charge in [0.25, 0.3) is 0 Å². The fourth-order valence-electron chi connectivity index (χ4n) is 1.18. The number of rotatable bonds is 4. The fraction of sp³-hybridized carbons (Fsp3) is 0.300. The van der Waals surface area contributed by atoms with Crippen molar-refractivity contribution in [2.75, 3.05) is 13.7 Å². The van der Waals surface area contributed by atoms with Crippen LogP contribution in [0.5, 0.6) is 5.75 Å². The molecule has 0 aromatic heterocycles. The van der Waals surface area contributed by atoms with Crippen LogP contribution in [-0.4, -0.2) is 29.9 Å². The van der Waals surface area contributed by atoms with Gasteiger partial charge in [-0.1, -0.05) is 12.1 Å². The van der Waals surface area contributed by atoms with Crippen molar-refractivity contribution in [3.05, 3.63) is 29.8 Å². The summed E-state index contributed by atoms with van der Waals surface area (Å²) in [6.07, 6.45) is 0. The van der Waals surface area contributed by atoms with Crippen molar-refractivity contribution < 1.29 is 19.7 Å². The highest BCUT2D eigenvalue weighted by molar-refractivity contribution is 5.76. The van der Waals surface area contributed by atoms with E-state index in [9.17, 15) is 4.79 Å². The Hall–Kier alpha value is -1.55. The van der Waals surface area contributed by atoms with Crippen molar-refractivity contribution in [3.63, 3.8) is 0 Å². The average Bonchev–Trinajstić information content (AvgIpc) is 2.19. The minimum atomic E-state index is -1.04. The number of hydrogen-bond donors (Lipinski definition) is 2. The smallest absolute Gasteiger partial charge is 0.313 e. The normalized spacial score (nSPS) is 12.1. The Morgan fingerprint density at radius 2 is 2.29 bits per heavy atom. The van der Waals surface area contributed by atoms with Crippen molar-refractivity contribution in [1.82, 2.24) is 0 Å². The molecule has 1 aromatic carbocycles. The van der Waals surface area contributed by atoms with Gasteiger partial charge >= 0.3 is 5.97 Å². The van der Waals surface area contributed by atoms with Crippen molar-refractivity contribution in [1.29, 1.82) is 0 Å². The first kappa shape index (κ1) is 10.5. The topological polar surface area (TPSA) is 66.8 Å². The molecule has 1 rings (SSSR count). The third-order valence-corrected chi connectivity index (χ3v) is 1.98. The zero-order chi connectivity index (χ0) is 10.6. The number of hydrogen-bond acceptors (Lipinski definition) is 3. The lowest BCUT2D eigenvalue weighted by molar-refractivity contribution is -0.139. The first-order valence-corrected chi connectivity index (χ1v) is 4.16. The van der Waals surface area contributed by atoms with Gasteiger partial charge in [-0.05, 0) is 17.7 Å². The van der Waals surface area contributed by atoms with Crippen LogP contribution in [-0.2, 0) is 4.79 Å². The van der Waals surface area contributed by atoms with Crippen molar-refractivity contribution in [2.45, 2.75) is 5.92 Å². The van der Waals surface area contributed by atoms with Crippen LogP contribution in [0.2, 0.25) is 0 Å². The Morgan fingerprint density at radius 3 is 2.79 bits per heavy atom. The molecule has 2 N–H and O–H groups in total. The highest BCUT2D eigenvalue weighted by Gasteiger charge is 2.18. The minimum absolute atomic E-state index is 0.414. The van der Waals surface area contributed by atoms with E-state index in [1.165, 1.54) is 7.11 Å². The van der Waals surface area contributed by atoms with Crippen LogP contribution in [0.4, 0.5) is 0 Å². The van der Waals surface area contributed by atoms with E-state index in [0.717, 1.165) is 0 Å². The molecular formula is C10H12O4. The number of carboxylic acids is 1. The SMILES string of the molecule is COc1cccc(C(CO)C(=O)O)c1. The Bertz CT molecular complexity index is 322. The molecule has 1 atom stereocenters. The molecule has 0 spiro atoms. The van der Waals surface area contributed by atoms with Crippen LogP contribution < -0.4 is 4.74 Å². The Labute approximate surface area is 81.8 Å². The number of aliphatic carboxylic acids is 1. The zero-order valence-electron chi connectivity index (χ0n) is 7.80. The summed E-state index contributed by atoms with van der Waals surface area (Å²) >= 11 is 0. The second-order valence-electron chi connectivity index (χ2n) is 2.85. The predicted molar refractivity (Wildman–Crippen MR) is 50.5 cm³/mol. The van der Waals surface area contributed by atoms with Gasteiger partial charge in [-0.15, -0.1) is 0 Å². The molecule has 14 heavy (non-hydrogen) atoms. The molecule has 0 aliphatic carbocycles. The molecule has 0 aliphatic rings. The van der Waals surface area contributed by atoms with Crippen LogP contribution in [0.15, 0.2) is 24.3 Å². The van der Waals surface area contributed by atoms with Crippen LogP contribution in [0.25, 0.3) is 0 Å². The van der Waals surface area contributed by atoms with Gasteiger partial charge in [0.15, 0.2) is 0 Å². The van der Waals surface area contributed by atoms with E-state index in [0.29, 0.717) is 11.3 Å². The van der Waals surface area contributed by atoms with E-state index < -0.39 is 18.5 Å². The number of carbonyl (C=O) groups is 1. The molecule has 1 unspecified atom stereocenters. The lowest BCUT2D eigenvalue weighted by Crippen LogP contribution is -2.15. The molecule has 76 valence electrons. The van der Waals surface area contributed by atoms with E-state index in [1.54, 1.807) is 24.3 Å². The average molecular weight is 196 g/mol. The van der Waals surface area contributed by atoms with Crippen LogP contribution >= 0.6 is 0 Å². The molecule has 4 nitrogen and oxygen atoms in total. The fourth-order valence-corrected chi connectivity index (χ4v) is 1.18. The second kappa shape index (κ2) is 4.62. The number of aliphatic hydroxyl groups is 1. The predicted octanol–water partition coefficient (Wildman–Crippen LogP) is 0.856. The van der Waals surface area contributed by atoms with Crippen LogP contribution in [0.1, 0.15) is 11.5 Å². The third kappa shape index (κ3) is 2.23. The van der Waals surface area contributed by atoms with E-state index in [-0.39, 0.29) is 0 Å². The van der Waals surface area contributed by atoms with Gasteiger partial charge in [0.1, 0.15) is 11.7 Å². The maximum absolute atomic E-state index is 10.7. The van der Waals surface area contributed by atoms with Crippen molar-refractivity contribution >= 4 is 5.97 Å². The maximum Gasteiger partial charge on any atom is 0.313 e. The van der Waals surface area contributed by atoms with Crippen molar-refractivity contribution in [2.24, 2.45) is 0 Å². The van der Waals surface area contributed by atoms with Gasteiger partial charge in [0.05, 0.1) is 13.7 Å². The molecule has 0 amide bonds. The summed E-state index contributed by atoms with van der Waals surface area (Å²) in [5.74, 6) is -1.34. The molecule has 0 radical (unpaired) electrons. The lowest BCUT2D eigenvalue weighted by Gasteiger charge is -2.10. The molecule has 0 fully saturated rings. The largest absolute Gasteiger partial charge is 0.497 e. The molecule has 0 bridgehead atoms. The van der Waals surface area contributed by atoms with Gasteiger partial charge in [0.2, 0.25) is 0 Å². The number of carboxylic acid groups (broad SMARTS) is 1. The van der Waals surface area contributed by atoms with Crippen LogP contribution in [0, 0.1) is 0 Å². The molecular weight excluding hydrogens is 184 g/mol. The van der Waals surface area contributed by atoms with Gasteiger partial charge in [-0.2, -0.15) is 0 Å². The zero-order valence-corrected chi connectivity index (χ0v) is 7.80. The summed E-state index contributed by atoms with van der Waals surface area (Å²) < 4.78 is 4.95. The molecule has 1 aromatic rings. The molecule has 0 aliphatic heterocycles. The molecule has 0 saturated carbocycles. The standard InChI is InChI=1S/C10H12O4/c1-14-8-4-2-3-7(5-8)9(6-11)10(12)13/h2-5,9,11H,6H2,1H3,(H,12,13). The molecule has 0 saturated heterocycles. The van der Waals surface area contributed by atoms with E-state index in [1.807, 2.05) is 0 Å². The van der Waals surface area contributed by atoms with E-state index in [2.05, 4.69) is 0 Å². The summed E-state index contributed by atoms with van der Waals surface area (Å²) in [5, 5.41) is 17.7. The molecule has 0 heterocycles. The maximum atomic E-state index is 10.7. The van der Waals surface area contributed by atoms with E-state index in [4.69, 9.17) is 14.9 Å². The van der Waals surface area contributed by atoms with Gasteiger partial charge in [-0.3, -0.25) is 4.79 Å². The monoisotopic (exact) mass is 196 g/mol. The third-order valence-electron chi connectivity index (χ3n) is 1.98. The highest BCUT2D eigenvalue weighted by Crippen LogP contribution is 2.20. The van der Waals surface area contributed by atoms with Gasteiger partial charge in [0, 0.05) is 0 Å². The van der Waals surface area contributed by atoms with Gasteiger partial charge in [-0.25, -0.2) is 0 Å². The number of methoxy groups -OCH3 is 1. The first-order valence-electron chi connectivity index (χ1n) is 4.16. The van der Waals surface area contributed by atoms with Crippen LogP contribution in [0.3, 0.4) is 0 Å². The van der Waals surface area contributed by atoms with Crippen molar-refractivity contribution in [3.8, 4) is 5.75 Å². The quantitative estimate of drug-likeness (QED) is 0.749. The summed E-state index contributed by atoms with van der Waals surface area (Å²) in [6.45, 7) is -0.414. The first-order chi connectivity index (χ1) is 6.69. The lowest BCUT2D eigenvalue weighted by atomic mass is 10.0. The Balaban J connectivity index is 2.98. The molecule has 4 heteroatoms. The number of benzene rings is 1. The summed E-state index contributed by atoms with van der Waals surface area (Å²) in [6, 6.07) is 6.67. The second-order valence-corrected chi connectivity index (χ2v) is 2.85. The summed E-state index contributed by atoms with van der Waals surface area (Å²) in [4.78, 5) is 10.7.